The summed E-state index contributed by atoms with van der Waals surface area (Å²) in [4.78, 5) is 22.6. The fourth-order valence-corrected chi connectivity index (χ4v) is 3.68. The van der Waals surface area contributed by atoms with Gasteiger partial charge in [-0.3, -0.25) is 9.48 Å². The average molecular weight is 435 g/mol. The molecule has 0 fully saturated rings. The van der Waals surface area contributed by atoms with Crippen LogP contribution in [0.2, 0.25) is 5.02 Å². The third kappa shape index (κ3) is 4.21. The van der Waals surface area contributed by atoms with Crippen LogP contribution >= 0.6 is 11.6 Å². The van der Waals surface area contributed by atoms with Crippen LogP contribution in [0.4, 0.5) is 19.0 Å². The highest BCUT2D eigenvalue weighted by Gasteiger charge is 2.41. The number of carbonyl (C=O) groups is 1. The summed E-state index contributed by atoms with van der Waals surface area (Å²) in [5, 5.41) is 20.7. The van der Waals surface area contributed by atoms with Gasteiger partial charge in [0, 0.05) is 17.8 Å². The van der Waals surface area contributed by atoms with Gasteiger partial charge < -0.3 is 15.4 Å². The number of halogens is 4. The van der Waals surface area contributed by atoms with Crippen LogP contribution in [0.1, 0.15) is 42.8 Å². The van der Waals surface area contributed by atoms with E-state index < -0.39 is 34.6 Å². The Hall–Kier alpha value is -2.63. The van der Waals surface area contributed by atoms with Gasteiger partial charge in [0.15, 0.2) is 10.7 Å². The lowest BCUT2D eigenvalue weighted by atomic mass is 10.1. The number of amides is 1. The summed E-state index contributed by atoms with van der Waals surface area (Å²) in [6.07, 6.45) is -1.72. The zero-order valence-corrected chi connectivity index (χ0v) is 16.1. The van der Waals surface area contributed by atoms with E-state index in [0.717, 1.165) is 0 Å². The Morgan fingerprint density at radius 1 is 1.41 bits per heavy atom. The smallest absolute Gasteiger partial charge is 0.358 e. The number of nitro groups is 1. The SMILES string of the molecule is CC[C@H](C(=O)NCCn1cc(Cl)c([N+](=O)[O-])n1)n1nc(C(F)(F)F)c2c1CCC2. The lowest BCUT2D eigenvalue weighted by molar-refractivity contribution is -0.389. The Balaban J connectivity index is 1.70. The van der Waals surface area contributed by atoms with Crippen LogP contribution < -0.4 is 5.32 Å². The highest BCUT2D eigenvalue weighted by molar-refractivity contribution is 6.32. The van der Waals surface area contributed by atoms with Crippen LogP contribution in [0.25, 0.3) is 0 Å². The van der Waals surface area contributed by atoms with Gasteiger partial charge in [-0.1, -0.05) is 18.5 Å². The van der Waals surface area contributed by atoms with E-state index in [1.54, 1.807) is 6.92 Å². The second kappa shape index (κ2) is 8.01. The monoisotopic (exact) mass is 434 g/mol. The molecule has 1 amide bonds. The van der Waals surface area contributed by atoms with E-state index in [1.165, 1.54) is 15.6 Å². The van der Waals surface area contributed by atoms with Gasteiger partial charge in [0.2, 0.25) is 5.91 Å². The summed E-state index contributed by atoms with van der Waals surface area (Å²) >= 11 is 5.71. The van der Waals surface area contributed by atoms with Crippen LogP contribution in [0.15, 0.2) is 6.20 Å². The van der Waals surface area contributed by atoms with Gasteiger partial charge >= 0.3 is 12.0 Å². The molecule has 2 aromatic rings. The molecule has 0 saturated heterocycles. The van der Waals surface area contributed by atoms with Gasteiger partial charge in [-0.2, -0.15) is 23.0 Å². The highest BCUT2D eigenvalue weighted by atomic mass is 35.5. The first-order chi connectivity index (χ1) is 13.6. The van der Waals surface area contributed by atoms with Crippen molar-refractivity contribution in [1.29, 1.82) is 0 Å². The third-order valence-corrected chi connectivity index (χ3v) is 4.99. The molecule has 0 saturated carbocycles. The standard InChI is InChI=1S/C16H18ClF3N6O3/c1-2-11(25-12-5-3-4-9(12)13(22-25)16(18,19)20)15(27)21-6-7-24-8-10(17)14(23-24)26(28)29/h8,11H,2-7H2,1H3,(H,21,27)/t11-/m1/s1. The van der Waals surface area contributed by atoms with Crippen molar-refractivity contribution in [2.45, 2.75) is 51.4 Å². The molecule has 1 aliphatic rings. The minimum Gasteiger partial charge on any atom is -0.358 e. The van der Waals surface area contributed by atoms with Crippen molar-refractivity contribution in [2.75, 3.05) is 6.54 Å². The summed E-state index contributed by atoms with van der Waals surface area (Å²) < 4.78 is 42.2. The first kappa shape index (κ1) is 21.1. The second-order valence-electron chi connectivity index (χ2n) is 6.61. The summed E-state index contributed by atoms with van der Waals surface area (Å²) in [5.74, 6) is -0.970. The number of fused-ring (bicyclic) bond motifs is 1. The quantitative estimate of drug-likeness (QED) is 0.532. The molecule has 0 unspecified atom stereocenters. The molecule has 2 aromatic heterocycles. The molecule has 158 valence electrons. The molecular weight excluding hydrogens is 417 g/mol. The Morgan fingerprint density at radius 2 is 2.14 bits per heavy atom. The molecule has 0 radical (unpaired) electrons. The van der Waals surface area contributed by atoms with Crippen LogP contribution in [0.3, 0.4) is 0 Å². The number of nitrogens with zero attached hydrogens (tertiary/aromatic N) is 5. The van der Waals surface area contributed by atoms with Crippen molar-refractivity contribution in [1.82, 2.24) is 24.9 Å². The zero-order chi connectivity index (χ0) is 21.3. The molecule has 2 heterocycles. The molecule has 0 bridgehead atoms. The van der Waals surface area contributed by atoms with Gasteiger partial charge in [0.25, 0.3) is 0 Å². The minimum atomic E-state index is -4.57. The number of rotatable bonds is 7. The molecule has 29 heavy (non-hydrogen) atoms. The van der Waals surface area contributed by atoms with E-state index >= 15 is 0 Å². The predicted molar refractivity (Wildman–Crippen MR) is 95.5 cm³/mol. The number of carbonyl (C=O) groups excluding carboxylic acids is 1. The summed E-state index contributed by atoms with van der Waals surface area (Å²) in [6, 6.07) is -0.881. The molecule has 1 atom stereocenters. The van der Waals surface area contributed by atoms with Crippen molar-refractivity contribution in [3.8, 4) is 0 Å². The van der Waals surface area contributed by atoms with Gasteiger partial charge in [-0.05, 0) is 30.6 Å². The maximum absolute atomic E-state index is 13.3. The van der Waals surface area contributed by atoms with Crippen molar-refractivity contribution in [3.05, 3.63) is 38.3 Å². The molecule has 0 aromatic carbocycles. The Morgan fingerprint density at radius 3 is 2.72 bits per heavy atom. The van der Waals surface area contributed by atoms with Gasteiger partial charge in [0.05, 0.1) is 17.8 Å². The fourth-order valence-electron chi connectivity index (χ4n) is 3.46. The number of nitrogens with one attached hydrogen (secondary N) is 1. The van der Waals surface area contributed by atoms with E-state index in [1.807, 2.05) is 0 Å². The molecule has 1 N–H and O–H groups in total. The number of hydrogen-bond donors (Lipinski definition) is 1. The molecule has 9 nitrogen and oxygen atoms in total. The molecule has 0 aliphatic heterocycles. The summed E-state index contributed by atoms with van der Waals surface area (Å²) in [7, 11) is 0. The van der Waals surface area contributed by atoms with Crippen LogP contribution in [0.5, 0.6) is 0 Å². The topological polar surface area (TPSA) is 108 Å². The fraction of sp³-hybridized carbons (Fsp3) is 0.562. The van der Waals surface area contributed by atoms with Crippen molar-refractivity contribution < 1.29 is 22.9 Å². The summed E-state index contributed by atoms with van der Waals surface area (Å²) in [5.41, 5.74) is -0.300. The first-order valence-electron chi connectivity index (χ1n) is 8.96. The molecule has 3 rings (SSSR count). The highest BCUT2D eigenvalue weighted by Crippen LogP contribution is 2.37. The average Bonchev–Trinajstić information content (AvgIpc) is 3.30. The van der Waals surface area contributed by atoms with E-state index in [2.05, 4.69) is 15.5 Å². The van der Waals surface area contributed by atoms with Gasteiger partial charge in [-0.25, -0.2) is 0 Å². The predicted octanol–water partition coefficient (Wildman–Crippen LogP) is 2.92. The lowest BCUT2D eigenvalue weighted by Gasteiger charge is -2.17. The van der Waals surface area contributed by atoms with Crippen molar-refractivity contribution in [3.63, 3.8) is 0 Å². The molecule has 1 aliphatic carbocycles. The summed E-state index contributed by atoms with van der Waals surface area (Å²) in [6.45, 7) is 1.87. The van der Waals surface area contributed by atoms with Gasteiger partial charge in [0.1, 0.15) is 6.04 Å². The van der Waals surface area contributed by atoms with Gasteiger partial charge in [-0.15, -0.1) is 0 Å². The molecule has 13 heteroatoms. The normalized spacial score (nSPS) is 14.7. The number of alkyl halides is 3. The first-order valence-corrected chi connectivity index (χ1v) is 9.33. The number of aromatic nitrogens is 4. The number of hydrogen-bond acceptors (Lipinski definition) is 5. The van der Waals surface area contributed by atoms with Crippen LogP contribution in [0, 0.1) is 10.1 Å². The largest absolute Gasteiger partial charge is 0.435 e. The van der Waals surface area contributed by atoms with E-state index in [4.69, 9.17) is 11.6 Å². The van der Waals surface area contributed by atoms with Crippen molar-refractivity contribution >= 4 is 23.3 Å². The Bertz CT molecular complexity index is 939. The lowest BCUT2D eigenvalue weighted by Crippen LogP contribution is -2.35. The second-order valence-corrected chi connectivity index (χ2v) is 7.01. The zero-order valence-electron chi connectivity index (χ0n) is 15.4. The van der Waals surface area contributed by atoms with E-state index in [0.29, 0.717) is 25.0 Å². The minimum absolute atomic E-state index is 0.0695. The maximum atomic E-state index is 13.3. The van der Waals surface area contributed by atoms with E-state index in [9.17, 15) is 28.1 Å². The third-order valence-electron chi connectivity index (χ3n) is 4.72. The Labute approximate surface area is 168 Å². The van der Waals surface area contributed by atoms with Crippen LogP contribution in [-0.2, 0) is 30.4 Å². The molecular formula is C16H18ClF3N6O3. The Kier molecular flexibility index (Phi) is 5.82. The van der Waals surface area contributed by atoms with E-state index in [-0.39, 0.29) is 30.1 Å². The maximum Gasteiger partial charge on any atom is 0.435 e. The van der Waals surface area contributed by atoms with Crippen LogP contribution in [-0.4, -0.2) is 36.9 Å². The van der Waals surface area contributed by atoms with Crippen molar-refractivity contribution in [2.24, 2.45) is 0 Å². The molecule has 0 spiro atoms.